The molecule has 0 saturated carbocycles. The van der Waals surface area contributed by atoms with E-state index in [9.17, 15) is 9.90 Å². The highest BCUT2D eigenvalue weighted by molar-refractivity contribution is 7.10. The number of furan rings is 1. The average Bonchev–Trinajstić information content (AvgIpc) is 3.45. The van der Waals surface area contributed by atoms with E-state index in [1.54, 1.807) is 30.3 Å². The van der Waals surface area contributed by atoms with E-state index in [0.717, 1.165) is 5.56 Å². The number of amides is 1. The molecule has 0 radical (unpaired) electrons. The predicted molar refractivity (Wildman–Crippen MR) is 101 cm³/mol. The molecule has 3 heterocycles. The molecular weight excluding hydrogens is 366 g/mol. The van der Waals surface area contributed by atoms with Crippen molar-refractivity contribution in [2.75, 3.05) is 13.3 Å². The maximum Gasteiger partial charge on any atom is 0.244 e. The molecule has 27 heavy (non-hydrogen) atoms. The number of carbonyl (C=O) groups is 1. The molecule has 0 saturated heterocycles. The number of ether oxygens (including phenoxy) is 2. The lowest BCUT2D eigenvalue weighted by Gasteiger charge is -2.24. The minimum atomic E-state index is -1.42. The summed E-state index contributed by atoms with van der Waals surface area (Å²) in [5, 5.41) is 15.7. The molecule has 138 valence electrons. The van der Waals surface area contributed by atoms with E-state index in [0.29, 0.717) is 22.1 Å². The van der Waals surface area contributed by atoms with Crippen LogP contribution in [0.1, 0.15) is 16.2 Å². The van der Waals surface area contributed by atoms with E-state index < -0.39 is 5.60 Å². The smallest absolute Gasteiger partial charge is 0.244 e. The van der Waals surface area contributed by atoms with Crippen molar-refractivity contribution in [2.45, 2.75) is 5.60 Å². The third-order valence-corrected chi connectivity index (χ3v) is 5.22. The zero-order valence-corrected chi connectivity index (χ0v) is 15.1. The molecule has 0 spiro atoms. The highest BCUT2D eigenvalue weighted by Crippen LogP contribution is 2.33. The normalized spacial score (nSPS) is 15.0. The fourth-order valence-corrected chi connectivity index (χ4v) is 3.61. The quantitative estimate of drug-likeness (QED) is 0.639. The summed E-state index contributed by atoms with van der Waals surface area (Å²) >= 11 is 1.40. The van der Waals surface area contributed by atoms with Crippen molar-refractivity contribution in [3.8, 4) is 11.5 Å². The van der Waals surface area contributed by atoms with Gasteiger partial charge in [0.05, 0.1) is 12.8 Å². The number of hydrogen-bond acceptors (Lipinski definition) is 6. The third-order valence-electron chi connectivity index (χ3n) is 4.20. The van der Waals surface area contributed by atoms with Gasteiger partial charge in [-0.15, -0.1) is 11.3 Å². The van der Waals surface area contributed by atoms with Crippen LogP contribution >= 0.6 is 11.3 Å². The zero-order chi connectivity index (χ0) is 18.7. The molecule has 1 amide bonds. The largest absolute Gasteiger partial charge is 0.466 e. The van der Waals surface area contributed by atoms with Gasteiger partial charge in [0, 0.05) is 11.0 Å². The third kappa shape index (κ3) is 3.60. The molecule has 1 aromatic carbocycles. The second kappa shape index (κ2) is 7.30. The summed E-state index contributed by atoms with van der Waals surface area (Å²) in [4.78, 5) is 12.9. The number of benzene rings is 1. The highest BCUT2D eigenvalue weighted by atomic mass is 32.1. The van der Waals surface area contributed by atoms with Crippen molar-refractivity contribution in [1.82, 2.24) is 5.32 Å². The first-order chi connectivity index (χ1) is 13.1. The molecular formula is C20H17NO5S. The summed E-state index contributed by atoms with van der Waals surface area (Å²) in [7, 11) is 0. The Morgan fingerprint density at radius 1 is 1.22 bits per heavy atom. The summed E-state index contributed by atoms with van der Waals surface area (Å²) in [6, 6.07) is 12.5. The Morgan fingerprint density at radius 2 is 2.11 bits per heavy atom. The van der Waals surface area contributed by atoms with Crippen molar-refractivity contribution in [2.24, 2.45) is 0 Å². The van der Waals surface area contributed by atoms with Crippen LogP contribution in [-0.2, 0) is 10.4 Å². The van der Waals surface area contributed by atoms with Crippen molar-refractivity contribution in [3.05, 3.63) is 76.4 Å². The minimum absolute atomic E-state index is 0.00859. The van der Waals surface area contributed by atoms with Gasteiger partial charge in [0.25, 0.3) is 0 Å². The fraction of sp³-hybridized carbons (Fsp3) is 0.150. The van der Waals surface area contributed by atoms with Crippen LogP contribution in [0.3, 0.4) is 0 Å². The van der Waals surface area contributed by atoms with Gasteiger partial charge in [0.1, 0.15) is 5.76 Å². The minimum Gasteiger partial charge on any atom is -0.466 e. The summed E-state index contributed by atoms with van der Waals surface area (Å²) in [5.74, 6) is 1.40. The van der Waals surface area contributed by atoms with E-state index in [1.807, 2.05) is 23.6 Å². The molecule has 1 unspecified atom stereocenters. The lowest BCUT2D eigenvalue weighted by atomic mass is 9.98. The Labute approximate surface area is 159 Å². The van der Waals surface area contributed by atoms with Gasteiger partial charge in [0.15, 0.2) is 17.1 Å². The zero-order valence-electron chi connectivity index (χ0n) is 14.3. The van der Waals surface area contributed by atoms with E-state index in [-0.39, 0.29) is 19.2 Å². The first-order valence-electron chi connectivity index (χ1n) is 8.31. The van der Waals surface area contributed by atoms with E-state index in [4.69, 9.17) is 13.9 Å². The molecule has 4 rings (SSSR count). The first-order valence-corrected chi connectivity index (χ1v) is 9.19. The summed E-state index contributed by atoms with van der Waals surface area (Å²) in [6.45, 7) is 0.197. The molecule has 2 N–H and O–H groups in total. The van der Waals surface area contributed by atoms with Crippen LogP contribution in [0.25, 0.3) is 6.08 Å². The molecule has 0 bridgehead atoms. The number of carbonyl (C=O) groups excluding carboxylic acids is 1. The molecule has 1 atom stereocenters. The van der Waals surface area contributed by atoms with Crippen LogP contribution in [-0.4, -0.2) is 24.4 Å². The first kappa shape index (κ1) is 17.4. The van der Waals surface area contributed by atoms with E-state index in [1.165, 1.54) is 23.7 Å². The van der Waals surface area contributed by atoms with Gasteiger partial charge in [-0.05, 0) is 47.4 Å². The SMILES string of the molecule is O=C(C=Cc1ccc2c(c1)OCO2)NCC(O)(c1ccco1)c1cccs1. The van der Waals surface area contributed by atoms with E-state index >= 15 is 0 Å². The molecule has 1 aliphatic rings. The summed E-state index contributed by atoms with van der Waals surface area (Å²) < 4.78 is 16.0. The average molecular weight is 383 g/mol. The standard InChI is InChI=1S/C20H17NO5S/c22-19(8-6-14-5-7-15-16(11-14)26-13-25-15)21-12-20(23,17-3-1-9-24-17)18-4-2-10-27-18/h1-11,23H,12-13H2,(H,21,22). The second-order valence-electron chi connectivity index (χ2n) is 5.98. The fourth-order valence-electron chi connectivity index (χ4n) is 2.79. The summed E-state index contributed by atoms with van der Waals surface area (Å²) in [6.07, 6.45) is 4.58. The predicted octanol–water partition coefficient (Wildman–Crippen LogP) is 3.14. The van der Waals surface area contributed by atoms with Gasteiger partial charge in [-0.25, -0.2) is 0 Å². The van der Waals surface area contributed by atoms with Gasteiger partial charge in [-0.2, -0.15) is 0 Å². The number of hydrogen-bond donors (Lipinski definition) is 2. The molecule has 7 heteroatoms. The molecule has 2 aromatic heterocycles. The van der Waals surface area contributed by atoms with Crippen LogP contribution in [0.4, 0.5) is 0 Å². The number of nitrogens with one attached hydrogen (secondary N) is 1. The van der Waals surface area contributed by atoms with Gasteiger partial charge in [-0.1, -0.05) is 12.1 Å². The Morgan fingerprint density at radius 3 is 2.89 bits per heavy atom. The molecule has 0 aliphatic carbocycles. The Hall–Kier alpha value is -3.03. The van der Waals surface area contributed by atoms with Gasteiger partial charge in [-0.3, -0.25) is 4.79 Å². The topological polar surface area (TPSA) is 80.9 Å². The van der Waals surface area contributed by atoms with E-state index in [2.05, 4.69) is 5.32 Å². The monoisotopic (exact) mass is 383 g/mol. The van der Waals surface area contributed by atoms with Gasteiger partial charge in [0.2, 0.25) is 12.7 Å². The van der Waals surface area contributed by atoms with Gasteiger partial charge < -0.3 is 24.3 Å². The molecule has 0 fully saturated rings. The van der Waals surface area contributed by atoms with Crippen molar-refractivity contribution in [1.29, 1.82) is 0 Å². The number of rotatable bonds is 6. The van der Waals surface area contributed by atoms with Crippen molar-refractivity contribution in [3.63, 3.8) is 0 Å². The van der Waals surface area contributed by atoms with Gasteiger partial charge >= 0.3 is 0 Å². The number of thiophene rings is 1. The summed E-state index contributed by atoms with van der Waals surface area (Å²) in [5.41, 5.74) is -0.603. The highest BCUT2D eigenvalue weighted by Gasteiger charge is 2.35. The molecule has 3 aromatic rings. The maximum absolute atomic E-state index is 12.2. The van der Waals surface area contributed by atoms with Crippen LogP contribution in [0.15, 0.2) is 64.6 Å². The number of aliphatic hydroxyl groups is 1. The Bertz CT molecular complexity index is 913. The van der Waals surface area contributed by atoms with Crippen LogP contribution in [0.5, 0.6) is 11.5 Å². The van der Waals surface area contributed by atoms with Crippen LogP contribution < -0.4 is 14.8 Å². The second-order valence-corrected chi connectivity index (χ2v) is 6.93. The number of fused-ring (bicyclic) bond motifs is 1. The maximum atomic E-state index is 12.2. The lowest BCUT2D eigenvalue weighted by Crippen LogP contribution is -2.40. The van der Waals surface area contributed by atoms with Crippen molar-refractivity contribution >= 4 is 23.3 Å². The van der Waals surface area contributed by atoms with Crippen LogP contribution in [0, 0.1) is 0 Å². The van der Waals surface area contributed by atoms with Crippen molar-refractivity contribution < 1.29 is 23.8 Å². The lowest BCUT2D eigenvalue weighted by molar-refractivity contribution is -0.117. The van der Waals surface area contributed by atoms with Crippen LogP contribution in [0.2, 0.25) is 0 Å². The Balaban J connectivity index is 1.44. The molecule has 6 nitrogen and oxygen atoms in total. The molecule has 1 aliphatic heterocycles. The Kier molecular flexibility index (Phi) is 4.70.